The third-order valence-electron chi connectivity index (χ3n) is 7.95. The van der Waals surface area contributed by atoms with E-state index < -0.39 is 45.8 Å². The molecular formula is C46H75O9P. The molecule has 0 bridgehead atoms. The van der Waals surface area contributed by atoms with E-state index in [1.165, 1.54) is 0 Å². The van der Waals surface area contributed by atoms with Crippen LogP contribution in [0, 0.1) is 0 Å². The normalized spacial score (nSPS) is 15.2. The van der Waals surface area contributed by atoms with Gasteiger partial charge in [0, 0.05) is 13.0 Å². The van der Waals surface area contributed by atoms with E-state index in [4.69, 9.17) is 23.6 Å². The lowest BCUT2D eigenvalue weighted by Crippen LogP contribution is -2.29. The van der Waals surface area contributed by atoms with Crippen LogP contribution in [0.5, 0.6) is 0 Å². The minimum atomic E-state index is -4.54. The lowest BCUT2D eigenvalue weighted by Gasteiger charge is -2.20. The maximum atomic E-state index is 12.6. The van der Waals surface area contributed by atoms with Crippen LogP contribution in [0.3, 0.4) is 0 Å². The standard InChI is InChI=1S/C46H75O9P/c1-3-5-7-9-11-13-15-17-19-20-21-22-23-25-27-29-31-33-35-37-39-52-42-45(43-54-56(50,51)53-41-44(48)40-47)55-46(49)38-36-34-32-30-28-26-24-18-16-14-12-10-8-6-4-2/h5-8,11-14,17-19,21-22,24-25,27-28,30,44-45,47-48H,3-4,9-10,15-16,20,23,26,29,31-43H2,1-2H3,(H,50,51)/b7-5-,8-6-,13-11-,14-12-,19-17-,22-21-,24-18-,27-25-,30-28-. The number of carbonyl (C=O) groups is 1. The van der Waals surface area contributed by atoms with Gasteiger partial charge >= 0.3 is 13.8 Å². The molecule has 10 heteroatoms. The first-order chi connectivity index (χ1) is 27.3. The van der Waals surface area contributed by atoms with Crippen LogP contribution in [0.25, 0.3) is 0 Å². The van der Waals surface area contributed by atoms with Gasteiger partial charge < -0.3 is 24.6 Å². The highest BCUT2D eigenvalue weighted by Gasteiger charge is 2.26. The Labute approximate surface area is 340 Å². The van der Waals surface area contributed by atoms with Gasteiger partial charge in [-0.3, -0.25) is 13.8 Å². The van der Waals surface area contributed by atoms with E-state index in [0.717, 1.165) is 103 Å². The van der Waals surface area contributed by atoms with Crippen LogP contribution in [0.1, 0.15) is 129 Å². The van der Waals surface area contributed by atoms with Crippen molar-refractivity contribution in [3.05, 3.63) is 109 Å². The summed E-state index contributed by atoms with van der Waals surface area (Å²) in [4.78, 5) is 22.5. The molecule has 3 atom stereocenters. The molecule has 0 amide bonds. The van der Waals surface area contributed by atoms with Gasteiger partial charge in [0.15, 0.2) is 0 Å². The number of rotatable bonds is 38. The Bertz CT molecular complexity index is 1230. The summed E-state index contributed by atoms with van der Waals surface area (Å²) in [6.45, 7) is 3.12. The number of aliphatic hydroxyl groups is 2. The van der Waals surface area contributed by atoms with E-state index in [9.17, 15) is 19.4 Å². The van der Waals surface area contributed by atoms with Gasteiger partial charge in [-0.05, 0) is 96.3 Å². The van der Waals surface area contributed by atoms with Crippen LogP contribution < -0.4 is 0 Å². The van der Waals surface area contributed by atoms with Crippen LogP contribution in [-0.2, 0) is 27.9 Å². The van der Waals surface area contributed by atoms with Crippen molar-refractivity contribution < 1.29 is 43.0 Å². The molecule has 318 valence electrons. The van der Waals surface area contributed by atoms with Crippen LogP contribution in [-0.4, -0.2) is 66.3 Å². The molecule has 0 aromatic heterocycles. The minimum absolute atomic E-state index is 0.00694. The molecule has 3 N–H and O–H groups in total. The summed E-state index contributed by atoms with van der Waals surface area (Å²) in [6.07, 6.45) is 53.4. The molecule has 0 spiro atoms. The number of allylic oxidation sites excluding steroid dienone is 18. The summed E-state index contributed by atoms with van der Waals surface area (Å²) in [5.74, 6) is -0.438. The summed E-state index contributed by atoms with van der Waals surface area (Å²) in [5.41, 5.74) is 0. The highest BCUT2D eigenvalue weighted by atomic mass is 31.2. The van der Waals surface area contributed by atoms with Crippen LogP contribution in [0.15, 0.2) is 109 Å². The lowest BCUT2D eigenvalue weighted by atomic mass is 10.1. The van der Waals surface area contributed by atoms with Crippen molar-refractivity contribution in [2.24, 2.45) is 0 Å². The molecule has 0 saturated carbocycles. The SMILES string of the molecule is CC/C=C\C/C=C\C/C=C\C/C=C\C/C=C\CCCCCCOCC(COP(=O)(O)OCC(O)CO)OC(=O)CCCC/C=C\C/C=C\C/C=C\C/C=C\CC. The maximum absolute atomic E-state index is 12.6. The number of unbranched alkanes of at least 4 members (excludes halogenated alkanes) is 6. The number of aliphatic hydroxyl groups excluding tert-OH is 2. The summed E-state index contributed by atoms with van der Waals surface area (Å²) in [5, 5.41) is 18.3. The van der Waals surface area contributed by atoms with Gasteiger partial charge in [-0.2, -0.15) is 0 Å². The summed E-state index contributed by atoms with van der Waals surface area (Å²) in [7, 11) is -4.54. The number of hydrogen-bond donors (Lipinski definition) is 3. The number of esters is 1. The van der Waals surface area contributed by atoms with Crippen molar-refractivity contribution in [1.29, 1.82) is 0 Å². The third kappa shape index (κ3) is 40.8. The van der Waals surface area contributed by atoms with Gasteiger partial charge in [0.1, 0.15) is 12.2 Å². The molecule has 3 unspecified atom stereocenters. The number of phosphoric ester groups is 1. The molecule has 9 nitrogen and oxygen atoms in total. The number of phosphoric acid groups is 1. The van der Waals surface area contributed by atoms with E-state index in [2.05, 4.69) is 123 Å². The van der Waals surface area contributed by atoms with Gasteiger partial charge in [-0.1, -0.05) is 136 Å². The molecule has 0 radical (unpaired) electrons. The monoisotopic (exact) mass is 803 g/mol. The van der Waals surface area contributed by atoms with Crippen LogP contribution in [0.4, 0.5) is 0 Å². The Morgan fingerprint density at radius 3 is 1.43 bits per heavy atom. The molecule has 0 aromatic carbocycles. The van der Waals surface area contributed by atoms with Crippen LogP contribution in [0.2, 0.25) is 0 Å². The Morgan fingerprint density at radius 2 is 0.964 bits per heavy atom. The van der Waals surface area contributed by atoms with E-state index in [0.29, 0.717) is 13.0 Å². The van der Waals surface area contributed by atoms with E-state index >= 15 is 0 Å². The zero-order valence-corrected chi connectivity index (χ0v) is 35.4. The number of ether oxygens (including phenoxy) is 2. The molecular weight excluding hydrogens is 727 g/mol. The van der Waals surface area contributed by atoms with E-state index in [-0.39, 0.29) is 13.0 Å². The first kappa shape index (κ1) is 53.1. The van der Waals surface area contributed by atoms with E-state index in [1.807, 2.05) is 0 Å². The fourth-order valence-electron chi connectivity index (χ4n) is 4.84. The topological polar surface area (TPSA) is 132 Å². The van der Waals surface area contributed by atoms with Gasteiger partial charge in [0.05, 0.1) is 26.4 Å². The first-order valence-electron chi connectivity index (χ1n) is 20.9. The van der Waals surface area contributed by atoms with Gasteiger partial charge in [-0.25, -0.2) is 4.57 Å². The van der Waals surface area contributed by atoms with Crippen molar-refractivity contribution >= 4 is 13.8 Å². The zero-order chi connectivity index (χ0) is 41.1. The van der Waals surface area contributed by atoms with Crippen molar-refractivity contribution in [2.75, 3.05) is 33.0 Å². The molecule has 0 aliphatic rings. The highest BCUT2D eigenvalue weighted by molar-refractivity contribution is 7.47. The Hall–Kier alpha value is -2.88. The fraction of sp³-hybridized carbons (Fsp3) is 0.587. The summed E-state index contributed by atoms with van der Waals surface area (Å²) >= 11 is 0. The molecule has 0 aliphatic carbocycles. The first-order valence-corrected chi connectivity index (χ1v) is 22.4. The Balaban J connectivity index is 4.34. The van der Waals surface area contributed by atoms with E-state index in [1.54, 1.807) is 0 Å². The molecule has 0 aliphatic heterocycles. The molecule has 0 rings (SSSR count). The molecule has 0 fully saturated rings. The average molecular weight is 803 g/mol. The Kier molecular flexibility index (Phi) is 39.6. The van der Waals surface area contributed by atoms with Crippen molar-refractivity contribution in [2.45, 2.75) is 142 Å². The molecule has 0 heterocycles. The van der Waals surface area contributed by atoms with Gasteiger partial charge in [0.2, 0.25) is 0 Å². The second-order valence-electron chi connectivity index (χ2n) is 13.2. The average Bonchev–Trinajstić information content (AvgIpc) is 3.19. The summed E-state index contributed by atoms with van der Waals surface area (Å²) in [6, 6.07) is 0. The predicted octanol–water partition coefficient (Wildman–Crippen LogP) is 11.5. The highest BCUT2D eigenvalue weighted by Crippen LogP contribution is 2.43. The quantitative estimate of drug-likeness (QED) is 0.0241. The Morgan fingerprint density at radius 1 is 0.554 bits per heavy atom. The van der Waals surface area contributed by atoms with Crippen molar-refractivity contribution in [1.82, 2.24) is 0 Å². The zero-order valence-electron chi connectivity index (χ0n) is 34.5. The largest absolute Gasteiger partial charge is 0.472 e. The second-order valence-corrected chi connectivity index (χ2v) is 14.7. The molecule has 56 heavy (non-hydrogen) atoms. The number of hydrogen-bond acceptors (Lipinski definition) is 8. The van der Waals surface area contributed by atoms with Crippen molar-refractivity contribution in [3.8, 4) is 0 Å². The minimum Gasteiger partial charge on any atom is -0.457 e. The second kappa shape index (κ2) is 41.7. The molecule has 0 aromatic rings. The smallest absolute Gasteiger partial charge is 0.457 e. The predicted molar refractivity (Wildman–Crippen MR) is 232 cm³/mol. The fourth-order valence-corrected chi connectivity index (χ4v) is 5.63. The molecule has 0 saturated heterocycles. The number of carbonyl (C=O) groups excluding carboxylic acids is 1. The van der Waals surface area contributed by atoms with Crippen LogP contribution >= 0.6 is 7.82 Å². The van der Waals surface area contributed by atoms with Gasteiger partial charge in [-0.15, -0.1) is 0 Å². The van der Waals surface area contributed by atoms with Gasteiger partial charge in [0.25, 0.3) is 0 Å². The third-order valence-corrected chi connectivity index (χ3v) is 8.90. The summed E-state index contributed by atoms with van der Waals surface area (Å²) < 4.78 is 33.3. The van der Waals surface area contributed by atoms with Crippen molar-refractivity contribution in [3.63, 3.8) is 0 Å². The lowest BCUT2D eigenvalue weighted by molar-refractivity contribution is -0.154. The maximum Gasteiger partial charge on any atom is 0.472 e.